The summed E-state index contributed by atoms with van der Waals surface area (Å²) in [5.74, 6) is -0.222. The largest absolute Gasteiger partial charge is 0.481 e. The van der Waals surface area contributed by atoms with Gasteiger partial charge in [-0.25, -0.2) is 0 Å². The van der Waals surface area contributed by atoms with Crippen LogP contribution in [0.2, 0.25) is 0 Å². The van der Waals surface area contributed by atoms with Crippen LogP contribution in [0.1, 0.15) is 54.9 Å². The second-order valence-electron chi connectivity index (χ2n) is 7.01. The molecule has 22 heavy (non-hydrogen) atoms. The highest BCUT2D eigenvalue weighted by Crippen LogP contribution is 2.49. The van der Waals surface area contributed by atoms with Crippen LogP contribution in [0.3, 0.4) is 0 Å². The molecule has 4 heteroatoms. The van der Waals surface area contributed by atoms with Crippen molar-refractivity contribution in [3.8, 4) is 0 Å². The lowest BCUT2D eigenvalue weighted by Crippen LogP contribution is -2.37. The number of amides is 1. The number of carboxylic acid groups (broad SMARTS) is 1. The summed E-state index contributed by atoms with van der Waals surface area (Å²) in [5, 5.41) is 9.60. The summed E-state index contributed by atoms with van der Waals surface area (Å²) in [5.41, 5.74) is 1.16. The maximum atomic E-state index is 12.7. The van der Waals surface area contributed by atoms with Crippen molar-refractivity contribution in [2.24, 2.45) is 11.3 Å². The number of nitrogens with zero attached hydrogens (tertiary/aromatic N) is 1. The first kappa shape index (κ1) is 15.1. The molecule has 4 nitrogen and oxygen atoms in total. The maximum absolute atomic E-state index is 12.7. The zero-order valence-corrected chi connectivity index (χ0v) is 13.2. The van der Waals surface area contributed by atoms with Crippen molar-refractivity contribution >= 4 is 11.9 Å². The normalized spacial score (nSPS) is 27.2. The third kappa shape index (κ3) is 2.31. The third-order valence-corrected chi connectivity index (χ3v) is 5.41. The van der Waals surface area contributed by atoms with Gasteiger partial charge in [-0.05, 0) is 42.4 Å². The Morgan fingerprint density at radius 2 is 1.95 bits per heavy atom. The monoisotopic (exact) mass is 301 g/mol. The number of benzene rings is 1. The van der Waals surface area contributed by atoms with Crippen molar-refractivity contribution < 1.29 is 14.7 Å². The van der Waals surface area contributed by atoms with Crippen LogP contribution in [0.5, 0.6) is 0 Å². The number of rotatable bonds is 3. The second kappa shape index (κ2) is 5.41. The van der Waals surface area contributed by atoms with E-state index in [9.17, 15) is 14.7 Å². The Morgan fingerprint density at radius 3 is 2.50 bits per heavy atom. The van der Waals surface area contributed by atoms with Crippen molar-refractivity contribution in [3.63, 3.8) is 0 Å². The molecule has 2 aliphatic rings. The zero-order chi connectivity index (χ0) is 15.9. The Labute approximate surface area is 131 Å². The summed E-state index contributed by atoms with van der Waals surface area (Å²) in [6.45, 7) is 5.18. The van der Waals surface area contributed by atoms with Gasteiger partial charge < -0.3 is 10.0 Å². The van der Waals surface area contributed by atoms with Crippen LogP contribution in [0, 0.1) is 11.3 Å². The van der Waals surface area contributed by atoms with Crippen LogP contribution in [0.25, 0.3) is 0 Å². The van der Waals surface area contributed by atoms with Gasteiger partial charge in [-0.3, -0.25) is 9.59 Å². The van der Waals surface area contributed by atoms with Gasteiger partial charge in [0.15, 0.2) is 0 Å². The van der Waals surface area contributed by atoms with Gasteiger partial charge in [0.05, 0.1) is 5.41 Å². The van der Waals surface area contributed by atoms with Gasteiger partial charge in [-0.15, -0.1) is 0 Å². The molecule has 1 N–H and O–H groups in total. The van der Waals surface area contributed by atoms with Crippen molar-refractivity contribution in [2.75, 3.05) is 13.1 Å². The molecule has 0 radical (unpaired) electrons. The van der Waals surface area contributed by atoms with Crippen molar-refractivity contribution in [2.45, 2.75) is 39.0 Å². The molecule has 3 rings (SSSR count). The van der Waals surface area contributed by atoms with Gasteiger partial charge in [-0.1, -0.05) is 32.4 Å². The number of carbonyl (C=O) groups is 2. The Morgan fingerprint density at radius 1 is 1.27 bits per heavy atom. The Balaban J connectivity index is 1.78. The summed E-state index contributed by atoms with van der Waals surface area (Å²) in [6, 6.07) is 7.70. The molecule has 1 aliphatic carbocycles. The van der Waals surface area contributed by atoms with Crippen LogP contribution in [-0.2, 0) is 4.79 Å². The molecular weight excluding hydrogens is 278 g/mol. The number of likely N-dealkylation sites (tertiary alicyclic amines) is 1. The SMILES string of the molecule is CC(C)c1ccc(C(=O)N2C[C@@H]3CCC[C@@]3(C(=O)O)C2)cc1. The van der Waals surface area contributed by atoms with Gasteiger partial charge in [0.1, 0.15) is 0 Å². The number of carboxylic acids is 1. The van der Waals surface area contributed by atoms with Gasteiger partial charge >= 0.3 is 5.97 Å². The molecule has 1 aliphatic heterocycles. The number of carbonyl (C=O) groups excluding carboxylic acids is 1. The van der Waals surface area contributed by atoms with E-state index in [0.29, 0.717) is 31.0 Å². The number of hydrogen-bond acceptors (Lipinski definition) is 2. The second-order valence-corrected chi connectivity index (χ2v) is 7.01. The van der Waals surface area contributed by atoms with Crippen molar-refractivity contribution in [3.05, 3.63) is 35.4 Å². The Kier molecular flexibility index (Phi) is 3.71. The van der Waals surface area contributed by atoms with Crippen LogP contribution in [0.4, 0.5) is 0 Å². The van der Waals surface area contributed by atoms with Crippen LogP contribution in [0.15, 0.2) is 24.3 Å². The molecule has 0 aromatic heterocycles. The molecule has 1 amide bonds. The van der Waals surface area contributed by atoms with Gasteiger partial charge in [-0.2, -0.15) is 0 Å². The molecule has 1 heterocycles. The van der Waals surface area contributed by atoms with Crippen LogP contribution < -0.4 is 0 Å². The average Bonchev–Trinajstić information content (AvgIpc) is 3.04. The van der Waals surface area contributed by atoms with E-state index < -0.39 is 11.4 Å². The quantitative estimate of drug-likeness (QED) is 0.933. The summed E-state index contributed by atoms with van der Waals surface area (Å²) in [6.07, 6.45) is 2.58. The van der Waals surface area contributed by atoms with Crippen molar-refractivity contribution in [1.29, 1.82) is 0 Å². The highest BCUT2D eigenvalue weighted by atomic mass is 16.4. The van der Waals surface area contributed by atoms with Gasteiger partial charge in [0, 0.05) is 18.7 Å². The van der Waals surface area contributed by atoms with Gasteiger partial charge in [0.25, 0.3) is 5.91 Å². The standard InChI is InChI=1S/C18H23NO3/c1-12(2)13-5-7-14(8-6-13)16(20)19-10-15-4-3-9-18(15,11-19)17(21)22/h5-8,12,15H,3-4,9-11H2,1-2H3,(H,21,22)/t15-,18+/m0/s1. The summed E-state index contributed by atoms with van der Waals surface area (Å²) in [4.78, 5) is 26.1. The van der Waals surface area contributed by atoms with E-state index in [2.05, 4.69) is 13.8 Å². The molecule has 0 spiro atoms. The van der Waals surface area contributed by atoms with E-state index in [-0.39, 0.29) is 11.8 Å². The van der Waals surface area contributed by atoms with E-state index in [1.54, 1.807) is 4.90 Å². The minimum atomic E-state index is -0.736. The average molecular weight is 301 g/mol. The summed E-state index contributed by atoms with van der Waals surface area (Å²) < 4.78 is 0. The highest BCUT2D eigenvalue weighted by Gasteiger charge is 2.55. The van der Waals surface area contributed by atoms with E-state index in [1.807, 2.05) is 24.3 Å². The van der Waals surface area contributed by atoms with Gasteiger partial charge in [0.2, 0.25) is 0 Å². The molecule has 118 valence electrons. The first-order chi connectivity index (χ1) is 10.4. The molecule has 1 saturated carbocycles. The minimum absolute atomic E-state index is 0.0367. The summed E-state index contributed by atoms with van der Waals surface area (Å²) in [7, 11) is 0. The molecular formula is C18H23NO3. The fourth-order valence-corrected chi connectivity index (χ4v) is 3.99. The van der Waals surface area contributed by atoms with E-state index >= 15 is 0 Å². The number of hydrogen-bond donors (Lipinski definition) is 1. The zero-order valence-electron chi connectivity index (χ0n) is 13.2. The Hall–Kier alpha value is -1.84. The van der Waals surface area contributed by atoms with Crippen molar-refractivity contribution in [1.82, 2.24) is 4.90 Å². The molecule has 2 atom stereocenters. The first-order valence-corrected chi connectivity index (χ1v) is 8.06. The Bertz CT molecular complexity index is 593. The smallest absolute Gasteiger partial charge is 0.311 e. The fourth-order valence-electron chi connectivity index (χ4n) is 3.99. The predicted octanol–water partition coefficient (Wildman–Crippen LogP) is 3.14. The van der Waals surface area contributed by atoms with E-state index in [1.165, 1.54) is 5.56 Å². The predicted molar refractivity (Wildman–Crippen MR) is 83.8 cm³/mol. The number of aliphatic carboxylic acids is 1. The molecule has 2 fully saturated rings. The third-order valence-electron chi connectivity index (χ3n) is 5.41. The lowest BCUT2D eigenvalue weighted by atomic mass is 9.81. The summed E-state index contributed by atoms with van der Waals surface area (Å²) >= 11 is 0. The lowest BCUT2D eigenvalue weighted by molar-refractivity contribution is -0.149. The number of fused-ring (bicyclic) bond motifs is 1. The molecule has 1 aromatic rings. The minimum Gasteiger partial charge on any atom is -0.481 e. The molecule has 1 saturated heterocycles. The highest BCUT2D eigenvalue weighted by molar-refractivity contribution is 5.95. The van der Waals surface area contributed by atoms with E-state index in [4.69, 9.17) is 0 Å². The van der Waals surface area contributed by atoms with Crippen LogP contribution in [-0.4, -0.2) is 35.0 Å². The topological polar surface area (TPSA) is 57.6 Å². The molecule has 0 bridgehead atoms. The lowest BCUT2D eigenvalue weighted by Gasteiger charge is -2.23. The van der Waals surface area contributed by atoms with Crippen LogP contribution >= 0.6 is 0 Å². The maximum Gasteiger partial charge on any atom is 0.311 e. The molecule has 0 unspecified atom stereocenters. The molecule has 1 aromatic carbocycles. The first-order valence-electron chi connectivity index (χ1n) is 8.06. The fraction of sp³-hybridized carbons (Fsp3) is 0.556. The van der Waals surface area contributed by atoms with E-state index in [0.717, 1.165) is 12.8 Å².